The van der Waals surface area contributed by atoms with E-state index < -0.39 is 0 Å². The van der Waals surface area contributed by atoms with E-state index in [0.29, 0.717) is 6.54 Å². The van der Waals surface area contributed by atoms with E-state index in [4.69, 9.17) is 0 Å². The Labute approximate surface area is 183 Å². The van der Waals surface area contributed by atoms with Gasteiger partial charge in [0.1, 0.15) is 0 Å². The second kappa shape index (κ2) is 8.65. The van der Waals surface area contributed by atoms with E-state index in [1.54, 1.807) is 11.9 Å². The van der Waals surface area contributed by atoms with Crippen molar-refractivity contribution in [2.45, 2.75) is 52.5 Å². The first-order valence-electron chi connectivity index (χ1n) is 11.1. The van der Waals surface area contributed by atoms with Crippen molar-refractivity contribution in [3.8, 4) is 5.69 Å². The van der Waals surface area contributed by atoms with Gasteiger partial charge in [0, 0.05) is 37.8 Å². The van der Waals surface area contributed by atoms with Crippen molar-refractivity contribution in [3.63, 3.8) is 0 Å². The van der Waals surface area contributed by atoms with E-state index in [2.05, 4.69) is 5.10 Å². The normalized spacial score (nSPS) is 20.8. The second-order valence-corrected chi connectivity index (χ2v) is 8.72. The Kier molecular flexibility index (Phi) is 5.94. The smallest absolute Gasteiger partial charge is 0.233 e. The molecule has 1 saturated heterocycles. The molecule has 7 heteroatoms. The summed E-state index contributed by atoms with van der Waals surface area (Å²) in [6.07, 6.45) is 3.75. The Balaban J connectivity index is 1.39. The highest BCUT2D eigenvalue weighted by atomic mass is 16.2. The maximum atomic E-state index is 12.8. The van der Waals surface area contributed by atoms with Gasteiger partial charge in [0.15, 0.2) is 0 Å². The molecule has 1 aromatic carbocycles. The minimum absolute atomic E-state index is 0.0817. The van der Waals surface area contributed by atoms with Crippen molar-refractivity contribution in [3.05, 3.63) is 47.3 Å². The van der Waals surface area contributed by atoms with Gasteiger partial charge in [-0.25, -0.2) is 4.68 Å². The monoisotopic (exact) mass is 422 g/mol. The number of aryl methyl sites for hydroxylation is 1. The van der Waals surface area contributed by atoms with Crippen molar-refractivity contribution in [2.75, 3.05) is 13.6 Å². The number of carbonyl (C=O) groups excluding carboxylic acids is 3. The molecule has 31 heavy (non-hydrogen) atoms. The van der Waals surface area contributed by atoms with E-state index in [1.165, 1.54) is 4.90 Å². The van der Waals surface area contributed by atoms with Crippen LogP contribution in [0.3, 0.4) is 0 Å². The Hall–Kier alpha value is -2.96. The summed E-state index contributed by atoms with van der Waals surface area (Å²) in [6, 6.07) is 9.91. The molecule has 7 nitrogen and oxygen atoms in total. The number of fused-ring (bicyclic) bond motifs is 1. The maximum absolute atomic E-state index is 12.8. The summed E-state index contributed by atoms with van der Waals surface area (Å²) < 4.78 is 1.90. The van der Waals surface area contributed by atoms with E-state index in [0.717, 1.165) is 48.3 Å². The molecule has 0 bridgehead atoms. The third kappa shape index (κ3) is 4.01. The first-order chi connectivity index (χ1) is 14.9. The number of imide groups is 1. The molecule has 2 aromatic rings. The molecule has 0 spiro atoms. The molecule has 2 unspecified atom stereocenters. The molecule has 1 saturated carbocycles. The Morgan fingerprint density at radius 2 is 1.68 bits per heavy atom. The first kappa shape index (κ1) is 21.3. The SMILES string of the molecule is Cc1nn(-c2ccccc2)c(C)c1CN(C)C(=O)CCN1C(=O)C2CCCCC2C1=O. The topological polar surface area (TPSA) is 75.5 Å². The van der Waals surface area contributed by atoms with Gasteiger partial charge in [-0.15, -0.1) is 0 Å². The summed E-state index contributed by atoms with van der Waals surface area (Å²) >= 11 is 0. The van der Waals surface area contributed by atoms with Crippen LogP contribution in [0.1, 0.15) is 49.1 Å². The standard InChI is InChI=1S/C24H30N4O3/c1-16-21(17(2)28(25-16)18-9-5-4-6-10-18)15-26(3)22(29)13-14-27-23(30)19-11-7-8-12-20(19)24(27)31/h4-6,9-10,19-20H,7-8,11-15H2,1-3H3. The molecule has 0 N–H and O–H groups in total. The lowest BCUT2D eigenvalue weighted by Gasteiger charge is -2.20. The van der Waals surface area contributed by atoms with E-state index in [9.17, 15) is 14.4 Å². The fourth-order valence-electron chi connectivity index (χ4n) is 4.90. The van der Waals surface area contributed by atoms with Gasteiger partial charge >= 0.3 is 0 Å². The highest BCUT2D eigenvalue weighted by molar-refractivity contribution is 6.05. The lowest BCUT2D eigenvalue weighted by molar-refractivity contribution is -0.140. The quantitative estimate of drug-likeness (QED) is 0.671. The van der Waals surface area contributed by atoms with Crippen molar-refractivity contribution < 1.29 is 14.4 Å². The molecule has 0 radical (unpaired) electrons. The average Bonchev–Trinajstić information content (AvgIpc) is 3.20. The van der Waals surface area contributed by atoms with Gasteiger partial charge in [0.2, 0.25) is 17.7 Å². The van der Waals surface area contributed by atoms with Crippen LogP contribution in [0.15, 0.2) is 30.3 Å². The van der Waals surface area contributed by atoms with Crippen LogP contribution in [0.2, 0.25) is 0 Å². The molecule has 3 amide bonds. The average molecular weight is 423 g/mol. The zero-order chi connectivity index (χ0) is 22.1. The summed E-state index contributed by atoms with van der Waals surface area (Å²) in [7, 11) is 1.76. The molecule has 1 aliphatic heterocycles. The third-order valence-corrected chi connectivity index (χ3v) is 6.74. The predicted octanol–water partition coefficient (Wildman–Crippen LogP) is 3.01. The van der Waals surface area contributed by atoms with Crippen LogP contribution in [-0.2, 0) is 20.9 Å². The van der Waals surface area contributed by atoms with Crippen LogP contribution in [-0.4, -0.2) is 50.9 Å². The summed E-state index contributed by atoms with van der Waals surface area (Å²) in [4.78, 5) is 41.0. The number of amides is 3. The van der Waals surface area contributed by atoms with Crippen molar-refractivity contribution >= 4 is 17.7 Å². The number of likely N-dealkylation sites (tertiary alicyclic amines) is 1. The Bertz CT molecular complexity index is 974. The van der Waals surface area contributed by atoms with Crippen LogP contribution in [0.25, 0.3) is 5.69 Å². The van der Waals surface area contributed by atoms with Gasteiger partial charge in [0.05, 0.1) is 23.2 Å². The van der Waals surface area contributed by atoms with Crippen LogP contribution in [0.5, 0.6) is 0 Å². The van der Waals surface area contributed by atoms with Gasteiger partial charge in [-0.1, -0.05) is 31.0 Å². The lowest BCUT2D eigenvalue weighted by Crippen LogP contribution is -2.36. The number of benzene rings is 1. The number of aromatic nitrogens is 2. The fourth-order valence-corrected chi connectivity index (χ4v) is 4.90. The van der Waals surface area contributed by atoms with Gasteiger partial charge in [-0.3, -0.25) is 19.3 Å². The number of rotatable bonds is 6. The fraction of sp³-hybridized carbons (Fsp3) is 0.500. The molecule has 2 aliphatic rings. The molecule has 2 atom stereocenters. The molecular weight excluding hydrogens is 392 g/mol. The van der Waals surface area contributed by atoms with Gasteiger partial charge in [-0.2, -0.15) is 5.10 Å². The van der Waals surface area contributed by atoms with Crippen molar-refractivity contribution in [2.24, 2.45) is 11.8 Å². The maximum Gasteiger partial charge on any atom is 0.233 e. The van der Waals surface area contributed by atoms with Crippen molar-refractivity contribution in [1.82, 2.24) is 19.6 Å². The van der Waals surface area contributed by atoms with E-state index in [-0.39, 0.29) is 42.5 Å². The number of hydrogen-bond donors (Lipinski definition) is 0. The van der Waals surface area contributed by atoms with E-state index in [1.807, 2.05) is 48.9 Å². The van der Waals surface area contributed by atoms with Gasteiger partial charge in [-0.05, 0) is 38.8 Å². The summed E-state index contributed by atoms with van der Waals surface area (Å²) in [5.41, 5.74) is 3.88. The Morgan fingerprint density at radius 3 is 2.29 bits per heavy atom. The van der Waals surface area contributed by atoms with Gasteiger partial charge in [0.25, 0.3) is 0 Å². The largest absolute Gasteiger partial charge is 0.341 e. The first-order valence-corrected chi connectivity index (χ1v) is 11.1. The minimum atomic E-state index is -0.164. The number of hydrogen-bond acceptors (Lipinski definition) is 4. The van der Waals surface area contributed by atoms with Crippen LogP contribution in [0.4, 0.5) is 0 Å². The lowest BCUT2D eigenvalue weighted by atomic mass is 9.81. The molecular formula is C24H30N4O3. The van der Waals surface area contributed by atoms with E-state index >= 15 is 0 Å². The summed E-state index contributed by atoms with van der Waals surface area (Å²) in [5, 5.41) is 4.64. The zero-order valence-corrected chi connectivity index (χ0v) is 18.5. The van der Waals surface area contributed by atoms with Crippen LogP contribution in [0, 0.1) is 25.7 Å². The highest BCUT2D eigenvalue weighted by Crippen LogP contribution is 2.38. The summed E-state index contributed by atoms with van der Waals surface area (Å²) in [5.74, 6) is -0.574. The summed E-state index contributed by atoms with van der Waals surface area (Å²) in [6.45, 7) is 4.57. The minimum Gasteiger partial charge on any atom is -0.341 e. The zero-order valence-electron chi connectivity index (χ0n) is 18.5. The molecule has 1 aliphatic carbocycles. The number of nitrogens with zero attached hydrogens (tertiary/aromatic N) is 4. The van der Waals surface area contributed by atoms with Crippen molar-refractivity contribution in [1.29, 1.82) is 0 Å². The van der Waals surface area contributed by atoms with Crippen LogP contribution < -0.4 is 0 Å². The Morgan fingerprint density at radius 1 is 1.06 bits per heavy atom. The molecule has 1 aromatic heterocycles. The number of para-hydroxylation sites is 1. The second-order valence-electron chi connectivity index (χ2n) is 8.72. The molecule has 2 fully saturated rings. The van der Waals surface area contributed by atoms with Gasteiger partial charge < -0.3 is 4.90 Å². The molecule has 4 rings (SSSR count). The third-order valence-electron chi connectivity index (χ3n) is 6.74. The highest BCUT2D eigenvalue weighted by Gasteiger charge is 2.47. The molecule has 2 heterocycles. The molecule has 164 valence electrons. The number of carbonyl (C=O) groups is 3. The van der Waals surface area contributed by atoms with Crippen LogP contribution >= 0.6 is 0 Å². The predicted molar refractivity (Wildman–Crippen MR) is 116 cm³/mol.